The molecule has 0 radical (unpaired) electrons. The molecule has 7 rings (SSSR count). The third kappa shape index (κ3) is 7.43. The van der Waals surface area contributed by atoms with Crippen molar-refractivity contribution in [3.63, 3.8) is 0 Å². The lowest BCUT2D eigenvalue weighted by Crippen LogP contribution is -2.58. The van der Waals surface area contributed by atoms with Crippen molar-refractivity contribution in [3.05, 3.63) is 129 Å². The molecule has 0 saturated carbocycles. The first kappa shape index (κ1) is 32.0. The Kier molecular flexibility index (Phi) is 9.77. The number of halogens is 1. The summed E-state index contributed by atoms with van der Waals surface area (Å²) in [5.74, 6) is 0.755. The number of carbonyl (C=O) groups is 1. The Morgan fingerprint density at radius 2 is 1.67 bits per heavy atom. The van der Waals surface area contributed by atoms with Crippen molar-refractivity contribution in [3.8, 4) is 16.7 Å². The predicted molar refractivity (Wildman–Crippen MR) is 189 cm³/mol. The Labute approximate surface area is 289 Å². The number of likely N-dealkylation sites (tertiary alicyclic amines) is 1. The lowest BCUT2D eigenvalue weighted by molar-refractivity contribution is -0.141. The molecule has 2 saturated heterocycles. The minimum absolute atomic E-state index is 0.00128. The SMILES string of the molecule is N#Cc1ccc(CN2C(=O)CN(Cc3cc(-c4ccc(Cl)s4)on3)C[C@@H]2CN2CCCC2)cc1N=C(c1ccccc1)c1ccccc1. The van der Waals surface area contributed by atoms with Crippen LogP contribution in [0.25, 0.3) is 10.6 Å². The molecule has 2 fully saturated rings. The summed E-state index contributed by atoms with van der Waals surface area (Å²) in [6.45, 7) is 4.89. The molecule has 2 aromatic heterocycles. The van der Waals surface area contributed by atoms with Gasteiger partial charge in [-0.05, 0) is 55.8 Å². The lowest BCUT2D eigenvalue weighted by atomic mass is 10.0. The minimum atomic E-state index is -0.00128. The summed E-state index contributed by atoms with van der Waals surface area (Å²) in [6.07, 6.45) is 2.36. The standard InChI is InChI=1S/C38H35ClN6O2S/c39-36-16-15-35(48-36)34-20-31(42-47-34)23-44-25-32(24-43-17-7-8-18-43)45(37(46)26-44)22-27-13-14-30(21-40)33(19-27)41-38(28-9-3-1-4-10-28)29-11-5-2-6-12-29/h1-6,9-16,19-20,32H,7-8,17-18,22-26H2/t32-/m0/s1. The summed E-state index contributed by atoms with van der Waals surface area (Å²) in [5.41, 5.74) is 5.54. The highest BCUT2D eigenvalue weighted by molar-refractivity contribution is 7.19. The van der Waals surface area contributed by atoms with E-state index in [9.17, 15) is 10.1 Å². The number of amides is 1. The molecule has 0 unspecified atom stereocenters. The highest BCUT2D eigenvalue weighted by atomic mass is 35.5. The molecule has 10 heteroatoms. The van der Waals surface area contributed by atoms with Crippen LogP contribution in [0, 0.1) is 11.3 Å². The number of thiophene rings is 1. The van der Waals surface area contributed by atoms with Gasteiger partial charge in [-0.3, -0.25) is 9.69 Å². The average Bonchev–Trinajstić information content (AvgIpc) is 3.89. The van der Waals surface area contributed by atoms with Gasteiger partial charge in [0.2, 0.25) is 5.91 Å². The summed E-state index contributed by atoms with van der Waals surface area (Å²) in [4.78, 5) is 26.6. The monoisotopic (exact) mass is 674 g/mol. The molecule has 0 spiro atoms. The van der Waals surface area contributed by atoms with Gasteiger partial charge in [0.15, 0.2) is 5.76 Å². The van der Waals surface area contributed by atoms with E-state index in [0.717, 1.165) is 59.2 Å². The van der Waals surface area contributed by atoms with Gasteiger partial charge in [0.05, 0.1) is 44.5 Å². The first-order chi connectivity index (χ1) is 23.5. The van der Waals surface area contributed by atoms with E-state index in [1.165, 1.54) is 24.2 Å². The molecule has 0 bridgehead atoms. The van der Waals surface area contributed by atoms with Crippen molar-refractivity contribution >= 4 is 40.2 Å². The van der Waals surface area contributed by atoms with Crippen LogP contribution in [0.2, 0.25) is 4.34 Å². The van der Waals surface area contributed by atoms with Crippen LogP contribution in [0.3, 0.4) is 0 Å². The Morgan fingerprint density at radius 1 is 0.938 bits per heavy atom. The largest absolute Gasteiger partial charge is 0.355 e. The summed E-state index contributed by atoms with van der Waals surface area (Å²) in [7, 11) is 0. The molecule has 2 aliphatic rings. The molecule has 2 aliphatic heterocycles. The number of nitrogens with zero attached hydrogens (tertiary/aromatic N) is 6. The zero-order valence-electron chi connectivity index (χ0n) is 26.5. The van der Waals surface area contributed by atoms with Gasteiger partial charge in [-0.15, -0.1) is 11.3 Å². The van der Waals surface area contributed by atoms with Gasteiger partial charge in [0.25, 0.3) is 0 Å². The summed E-state index contributed by atoms with van der Waals surface area (Å²) in [5, 5.41) is 14.3. The van der Waals surface area contributed by atoms with E-state index >= 15 is 0 Å². The number of hydrogen-bond acceptors (Lipinski definition) is 8. The van der Waals surface area contributed by atoms with Crippen LogP contribution in [0.1, 0.15) is 40.8 Å². The summed E-state index contributed by atoms with van der Waals surface area (Å²) >= 11 is 7.57. The Morgan fingerprint density at radius 3 is 2.33 bits per heavy atom. The fourth-order valence-electron chi connectivity index (χ4n) is 6.55. The van der Waals surface area contributed by atoms with E-state index in [1.807, 2.05) is 102 Å². The van der Waals surface area contributed by atoms with Crippen LogP contribution in [-0.2, 0) is 17.9 Å². The number of aromatic nitrogens is 1. The molecule has 3 aromatic carbocycles. The van der Waals surface area contributed by atoms with E-state index in [1.54, 1.807) is 0 Å². The maximum absolute atomic E-state index is 13.9. The van der Waals surface area contributed by atoms with Crippen molar-refractivity contribution in [2.75, 3.05) is 32.7 Å². The number of piperazine rings is 1. The van der Waals surface area contributed by atoms with Gasteiger partial charge in [-0.1, -0.05) is 83.5 Å². The quantitative estimate of drug-likeness (QED) is 0.143. The van der Waals surface area contributed by atoms with Gasteiger partial charge in [-0.25, -0.2) is 4.99 Å². The van der Waals surface area contributed by atoms with E-state index in [2.05, 4.69) is 21.0 Å². The van der Waals surface area contributed by atoms with Crippen molar-refractivity contribution in [2.24, 2.45) is 4.99 Å². The van der Waals surface area contributed by atoms with Crippen molar-refractivity contribution in [2.45, 2.75) is 32.0 Å². The van der Waals surface area contributed by atoms with Crippen LogP contribution < -0.4 is 0 Å². The van der Waals surface area contributed by atoms with Crippen LogP contribution >= 0.6 is 22.9 Å². The van der Waals surface area contributed by atoms with Crippen LogP contribution in [0.15, 0.2) is 107 Å². The molecular formula is C38H35ClN6O2S. The number of rotatable bonds is 10. The van der Waals surface area contributed by atoms with Gasteiger partial charge < -0.3 is 14.3 Å². The van der Waals surface area contributed by atoms with Gasteiger partial charge >= 0.3 is 0 Å². The first-order valence-corrected chi connectivity index (χ1v) is 17.4. The van der Waals surface area contributed by atoms with Crippen LogP contribution in [0.5, 0.6) is 0 Å². The van der Waals surface area contributed by atoms with Gasteiger partial charge in [0, 0.05) is 43.4 Å². The van der Waals surface area contributed by atoms with E-state index in [0.29, 0.717) is 34.4 Å². The van der Waals surface area contributed by atoms with Gasteiger partial charge in [-0.2, -0.15) is 5.26 Å². The van der Waals surface area contributed by atoms with Crippen molar-refractivity contribution < 1.29 is 9.32 Å². The number of nitriles is 1. The Hall–Kier alpha value is -4.59. The summed E-state index contributed by atoms with van der Waals surface area (Å²) < 4.78 is 6.32. The maximum Gasteiger partial charge on any atom is 0.237 e. The normalized spacial score (nSPS) is 17.0. The molecule has 0 N–H and O–H groups in total. The zero-order valence-corrected chi connectivity index (χ0v) is 28.0. The van der Waals surface area contributed by atoms with Crippen LogP contribution in [0.4, 0.5) is 5.69 Å². The maximum atomic E-state index is 13.9. The second-order valence-corrected chi connectivity index (χ2v) is 14.0. The molecule has 5 aromatic rings. The number of aliphatic imine (C=N–C) groups is 1. The second kappa shape index (κ2) is 14.7. The topological polar surface area (TPSA) is 89.0 Å². The highest BCUT2D eigenvalue weighted by Gasteiger charge is 2.34. The lowest BCUT2D eigenvalue weighted by Gasteiger charge is -2.42. The fourth-order valence-corrected chi connectivity index (χ4v) is 7.54. The van der Waals surface area contributed by atoms with Gasteiger partial charge in [0.1, 0.15) is 6.07 Å². The molecule has 0 aliphatic carbocycles. The third-order valence-corrected chi connectivity index (χ3v) is 10.1. The van der Waals surface area contributed by atoms with Crippen LogP contribution in [-0.4, -0.2) is 70.2 Å². The number of benzene rings is 3. The van der Waals surface area contributed by atoms with E-state index in [-0.39, 0.29) is 18.5 Å². The molecule has 8 nitrogen and oxygen atoms in total. The van der Waals surface area contributed by atoms with Crippen molar-refractivity contribution in [1.82, 2.24) is 19.9 Å². The molecule has 1 atom stereocenters. The zero-order chi connectivity index (χ0) is 32.9. The Balaban J connectivity index is 1.14. The average molecular weight is 675 g/mol. The number of hydrogen-bond donors (Lipinski definition) is 0. The second-order valence-electron chi connectivity index (χ2n) is 12.3. The highest BCUT2D eigenvalue weighted by Crippen LogP contribution is 2.32. The minimum Gasteiger partial charge on any atom is -0.355 e. The van der Waals surface area contributed by atoms with E-state index in [4.69, 9.17) is 21.1 Å². The molecular weight excluding hydrogens is 640 g/mol. The molecule has 242 valence electrons. The third-order valence-electron chi connectivity index (χ3n) is 8.88. The smallest absolute Gasteiger partial charge is 0.237 e. The van der Waals surface area contributed by atoms with Crippen molar-refractivity contribution in [1.29, 1.82) is 5.26 Å². The number of carbonyl (C=O) groups excluding carboxylic acids is 1. The molecule has 48 heavy (non-hydrogen) atoms. The Bertz CT molecular complexity index is 1900. The molecule has 1 amide bonds. The van der Waals surface area contributed by atoms with E-state index < -0.39 is 0 Å². The molecule has 4 heterocycles. The summed E-state index contributed by atoms with van der Waals surface area (Å²) in [6, 6.07) is 33.8. The first-order valence-electron chi connectivity index (χ1n) is 16.2. The predicted octanol–water partition coefficient (Wildman–Crippen LogP) is 7.41. The fraction of sp³-hybridized carbons (Fsp3) is 0.263.